The van der Waals surface area contributed by atoms with Gasteiger partial charge in [-0.1, -0.05) is 89.5 Å². The molecular formula is C35H31BrNPS. The van der Waals surface area contributed by atoms with Crippen LogP contribution in [0.2, 0.25) is 0 Å². The van der Waals surface area contributed by atoms with Crippen LogP contribution in [0.1, 0.15) is 22.3 Å². The molecule has 4 heteroatoms. The van der Waals surface area contributed by atoms with Crippen molar-refractivity contribution in [2.24, 2.45) is 0 Å². The molecule has 194 valence electrons. The fraction of sp³-hybridized carbons (Fsp3) is 0.114. The van der Waals surface area contributed by atoms with Crippen molar-refractivity contribution in [2.45, 2.75) is 26.9 Å². The monoisotopic (exact) mass is 607 g/mol. The van der Waals surface area contributed by atoms with Crippen LogP contribution in [-0.4, -0.2) is 4.98 Å². The Morgan fingerprint density at radius 3 is 1.49 bits per heavy atom. The summed E-state index contributed by atoms with van der Waals surface area (Å²) in [4.78, 5) is 4.88. The Kier molecular flexibility index (Phi) is 8.14. The second-order valence-corrected chi connectivity index (χ2v) is 14.7. The molecule has 0 aliphatic heterocycles. The fourth-order valence-corrected chi connectivity index (χ4v) is 10.3. The highest BCUT2D eigenvalue weighted by Gasteiger charge is 2.45. The number of thiazole rings is 1. The van der Waals surface area contributed by atoms with Gasteiger partial charge in [0.2, 0.25) is 0 Å². The van der Waals surface area contributed by atoms with Crippen molar-refractivity contribution in [2.75, 3.05) is 0 Å². The van der Waals surface area contributed by atoms with Gasteiger partial charge in [-0.05, 0) is 74.9 Å². The standard InChI is InChI=1S/C35H31NPS.BrH/c1-25-8-18-30(19-9-25)37(31-20-10-26(2)11-21-31,32-22-12-27(3)13-23-32)24-28-14-16-29(17-15-28)35-36-33-6-4-5-7-34(33)38-35;/h4-23H,24H2,1-3H3;1H/q+1;/p-1. The topological polar surface area (TPSA) is 12.9 Å². The summed E-state index contributed by atoms with van der Waals surface area (Å²) in [7, 11) is -1.96. The summed E-state index contributed by atoms with van der Waals surface area (Å²) in [5, 5.41) is 5.34. The number of nitrogens with zero attached hydrogens (tertiary/aromatic N) is 1. The lowest BCUT2D eigenvalue weighted by Gasteiger charge is -2.28. The Balaban J connectivity index is 0.00000308. The summed E-state index contributed by atoms with van der Waals surface area (Å²) in [5.41, 5.74) is 7.48. The first-order valence-electron chi connectivity index (χ1n) is 13.1. The van der Waals surface area contributed by atoms with Crippen LogP contribution in [0.3, 0.4) is 0 Å². The molecule has 0 N–H and O–H groups in total. The van der Waals surface area contributed by atoms with Gasteiger partial charge in [0.05, 0.1) is 16.4 Å². The Morgan fingerprint density at radius 2 is 1.03 bits per heavy atom. The lowest BCUT2D eigenvalue weighted by molar-refractivity contribution is -0.00000754. The molecule has 1 heterocycles. The normalized spacial score (nSPS) is 11.4. The Morgan fingerprint density at radius 1 is 0.564 bits per heavy atom. The van der Waals surface area contributed by atoms with Crippen molar-refractivity contribution in [3.05, 3.63) is 144 Å². The number of aryl methyl sites for hydroxylation is 3. The number of hydrogen-bond acceptors (Lipinski definition) is 2. The van der Waals surface area contributed by atoms with Gasteiger partial charge in [-0.25, -0.2) is 4.98 Å². The number of halogens is 1. The molecule has 1 aromatic heterocycles. The molecule has 6 rings (SSSR count). The van der Waals surface area contributed by atoms with Crippen LogP contribution in [0.15, 0.2) is 121 Å². The first kappa shape index (κ1) is 27.5. The van der Waals surface area contributed by atoms with Crippen LogP contribution in [0.5, 0.6) is 0 Å². The molecule has 0 saturated heterocycles. The molecule has 0 amide bonds. The van der Waals surface area contributed by atoms with Crippen LogP contribution in [0, 0.1) is 20.8 Å². The third-order valence-corrected chi connectivity index (χ3v) is 12.8. The molecule has 1 nitrogen and oxygen atoms in total. The lowest BCUT2D eigenvalue weighted by atomic mass is 10.1. The number of fused-ring (bicyclic) bond motifs is 1. The maximum Gasteiger partial charge on any atom is 0.124 e. The minimum Gasteiger partial charge on any atom is -1.00 e. The molecule has 6 aromatic rings. The van der Waals surface area contributed by atoms with Crippen molar-refractivity contribution in [3.63, 3.8) is 0 Å². The Hall–Kier alpha value is -3.10. The largest absolute Gasteiger partial charge is 1.00 e. The molecule has 0 aliphatic rings. The zero-order valence-electron chi connectivity index (χ0n) is 22.4. The molecule has 39 heavy (non-hydrogen) atoms. The van der Waals surface area contributed by atoms with Gasteiger partial charge in [-0.15, -0.1) is 11.3 Å². The van der Waals surface area contributed by atoms with E-state index in [1.54, 1.807) is 11.3 Å². The van der Waals surface area contributed by atoms with E-state index >= 15 is 0 Å². The van der Waals surface area contributed by atoms with Gasteiger partial charge in [0.15, 0.2) is 0 Å². The van der Waals surface area contributed by atoms with E-state index in [0.717, 1.165) is 16.7 Å². The molecule has 0 atom stereocenters. The summed E-state index contributed by atoms with van der Waals surface area (Å²) >= 11 is 1.76. The van der Waals surface area contributed by atoms with Gasteiger partial charge >= 0.3 is 0 Å². The quantitative estimate of drug-likeness (QED) is 0.231. The predicted molar refractivity (Wildman–Crippen MR) is 168 cm³/mol. The van der Waals surface area contributed by atoms with Crippen LogP contribution in [-0.2, 0) is 6.16 Å². The van der Waals surface area contributed by atoms with E-state index < -0.39 is 7.26 Å². The molecule has 0 aliphatic carbocycles. The highest BCUT2D eigenvalue weighted by atomic mass is 79.9. The average Bonchev–Trinajstić information content (AvgIpc) is 3.38. The van der Waals surface area contributed by atoms with Crippen molar-refractivity contribution in [1.29, 1.82) is 0 Å². The third kappa shape index (κ3) is 5.50. The smallest absolute Gasteiger partial charge is 0.124 e. The minimum atomic E-state index is -1.96. The summed E-state index contributed by atoms with van der Waals surface area (Å²) in [6.07, 6.45) is 0.975. The van der Waals surface area contributed by atoms with Crippen molar-refractivity contribution >= 4 is 44.7 Å². The van der Waals surface area contributed by atoms with Gasteiger partial charge in [-0.3, -0.25) is 0 Å². The van der Waals surface area contributed by atoms with Gasteiger partial charge < -0.3 is 17.0 Å². The molecular weight excluding hydrogens is 577 g/mol. The van der Waals surface area contributed by atoms with Crippen LogP contribution >= 0.6 is 18.6 Å². The molecule has 0 unspecified atom stereocenters. The third-order valence-electron chi connectivity index (χ3n) is 7.34. The zero-order valence-corrected chi connectivity index (χ0v) is 25.7. The van der Waals surface area contributed by atoms with Crippen LogP contribution in [0.25, 0.3) is 20.8 Å². The van der Waals surface area contributed by atoms with E-state index in [-0.39, 0.29) is 17.0 Å². The molecule has 0 fully saturated rings. The van der Waals surface area contributed by atoms with Gasteiger partial charge in [-0.2, -0.15) is 0 Å². The van der Waals surface area contributed by atoms with Crippen molar-refractivity contribution in [3.8, 4) is 10.6 Å². The van der Waals surface area contributed by atoms with E-state index in [9.17, 15) is 0 Å². The second-order valence-electron chi connectivity index (χ2n) is 10.2. The Labute approximate surface area is 246 Å². The molecule has 0 bridgehead atoms. The van der Waals surface area contributed by atoms with Gasteiger partial charge in [0.1, 0.15) is 28.2 Å². The number of rotatable bonds is 6. The van der Waals surface area contributed by atoms with E-state index in [4.69, 9.17) is 4.98 Å². The van der Waals surface area contributed by atoms with E-state index in [0.29, 0.717) is 0 Å². The maximum absolute atomic E-state index is 4.88. The predicted octanol–water partition coefficient (Wildman–Crippen LogP) is 5.39. The van der Waals surface area contributed by atoms with Crippen molar-refractivity contribution in [1.82, 2.24) is 4.98 Å². The first-order valence-corrected chi connectivity index (χ1v) is 15.8. The van der Waals surface area contributed by atoms with Crippen molar-refractivity contribution < 1.29 is 17.0 Å². The SMILES string of the molecule is Cc1ccc([P+](Cc2ccc(-c3nc4ccccc4s3)cc2)(c2ccc(C)cc2)c2ccc(C)cc2)cc1.[Br-]. The minimum absolute atomic E-state index is 0. The zero-order chi connectivity index (χ0) is 26.1. The molecule has 0 spiro atoms. The fourth-order valence-electron chi connectivity index (χ4n) is 5.14. The highest BCUT2D eigenvalue weighted by molar-refractivity contribution is 7.95. The molecule has 0 radical (unpaired) electrons. The number of para-hydroxylation sites is 1. The summed E-state index contributed by atoms with van der Waals surface area (Å²) < 4.78 is 1.23. The van der Waals surface area contributed by atoms with Gasteiger partial charge in [0, 0.05) is 5.56 Å². The maximum atomic E-state index is 4.88. The molecule has 0 saturated carbocycles. The number of benzene rings is 5. The van der Waals surface area contributed by atoms with Crippen LogP contribution in [0.4, 0.5) is 0 Å². The Bertz CT molecular complexity index is 1540. The van der Waals surface area contributed by atoms with E-state index in [2.05, 4.69) is 142 Å². The highest BCUT2D eigenvalue weighted by Crippen LogP contribution is 2.58. The average molecular weight is 609 g/mol. The first-order chi connectivity index (χ1) is 18.5. The summed E-state index contributed by atoms with van der Waals surface area (Å²) in [6, 6.07) is 45.3. The lowest BCUT2D eigenvalue weighted by Crippen LogP contribution is -3.00. The second kappa shape index (κ2) is 11.6. The number of aromatic nitrogens is 1. The molecule has 5 aromatic carbocycles. The summed E-state index contributed by atoms with van der Waals surface area (Å²) in [5.74, 6) is 0. The summed E-state index contributed by atoms with van der Waals surface area (Å²) in [6.45, 7) is 6.51. The van der Waals surface area contributed by atoms with E-state index in [1.165, 1.54) is 48.4 Å². The number of hydrogen-bond donors (Lipinski definition) is 0. The van der Waals surface area contributed by atoms with E-state index in [1.807, 2.05) is 0 Å². The van der Waals surface area contributed by atoms with Crippen LogP contribution < -0.4 is 32.9 Å². The van der Waals surface area contributed by atoms with Gasteiger partial charge in [0.25, 0.3) is 0 Å².